The summed E-state index contributed by atoms with van der Waals surface area (Å²) in [6.45, 7) is 1.17. The maximum atomic E-state index is 12.3. The second kappa shape index (κ2) is 5.44. The van der Waals surface area contributed by atoms with E-state index in [0.29, 0.717) is 36.1 Å². The van der Waals surface area contributed by atoms with Crippen LogP contribution in [0.5, 0.6) is 0 Å². The number of carbonyl (C=O) groups is 1. The highest BCUT2D eigenvalue weighted by Gasteiger charge is 2.24. The van der Waals surface area contributed by atoms with Crippen LogP contribution in [0, 0.1) is 5.92 Å². The average molecular weight is 297 g/mol. The fourth-order valence-corrected chi connectivity index (χ4v) is 2.55. The Morgan fingerprint density at radius 2 is 2.20 bits per heavy atom. The molecule has 1 aliphatic heterocycles. The van der Waals surface area contributed by atoms with Crippen molar-refractivity contribution < 1.29 is 4.79 Å². The highest BCUT2D eigenvalue weighted by molar-refractivity contribution is 6.33. The Bertz CT molecular complexity index is 582. The molecular formula is C13H17ClN4O2. The van der Waals surface area contributed by atoms with E-state index in [0.717, 1.165) is 19.3 Å². The summed E-state index contributed by atoms with van der Waals surface area (Å²) in [5, 5.41) is 10.3. The van der Waals surface area contributed by atoms with Crippen LogP contribution in [0.25, 0.3) is 0 Å². The van der Waals surface area contributed by atoms with Gasteiger partial charge in [-0.15, -0.1) is 0 Å². The molecule has 6 nitrogen and oxygen atoms in total. The molecule has 1 aliphatic carbocycles. The van der Waals surface area contributed by atoms with E-state index >= 15 is 0 Å². The summed E-state index contributed by atoms with van der Waals surface area (Å²) in [6, 6.07) is 0.0583. The van der Waals surface area contributed by atoms with E-state index in [1.807, 2.05) is 0 Å². The van der Waals surface area contributed by atoms with Gasteiger partial charge >= 0.3 is 0 Å². The van der Waals surface area contributed by atoms with Gasteiger partial charge in [-0.3, -0.25) is 9.59 Å². The Kier molecular flexibility index (Phi) is 3.65. The van der Waals surface area contributed by atoms with Gasteiger partial charge in [0.1, 0.15) is 5.69 Å². The third kappa shape index (κ3) is 2.95. The molecule has 2 N–H and O–H groups in total. The van der Waals surface area contributed by atoms with Crippen LogP contribution in [0.15, 0.2) is 11.0 Å². The third-order valence-electron chi connectivity index (χ3n) is 3.74. The van der Waals surface area contributed by atoms with E-state index in [-0.39, 0.29) is 17.5 Å². The summed E-state index contributed by atoms with van der Waals surface area (Å²) in [7, 11) is 0. The summed E-state index contributed by atoms with van der Waals surface area (Å²) < 4.78 is 1.47. The van der Waals surface area contributed by atoms with Crippen LogP contribution >= 0.6 is 11.6 Å². The first kappa shape index (κ1) is 13.4. The molecule has 1 aromatic heterocycles. The van der Waals surface area contributed by atoms with Crippen LogP contribution in [-0.4, -0.2) is 28.3 Å². The number of anilines is 1. The number of nitrogens with zero attached hydrogens (tertiary/aromatic N) is 2. The number of rotatable bonds is 5. The second-order valence-electron chi connectivity index (χ2n) is 5.48. The number of halogens is 1. The Morgan fingerprint density at radius 3 is 2.85 bits per heavy atom. The lowest BCUT2D eigenvalue weighted by molar-refractivity contribution is -0.119. The van der Waals surface area contributed by atoms with Crippen LogP contribution in [0.1, 0.15) is 25.7 Å². The Labute approximate surface area is 121 Å². The Balaban J connectivity index is 1.70. The Hall–Kier alpha value is -1.56. The molecule has 1 aromatic rings. The second-order valence-corrected chi connectivity index (χ2v) is 5.89. The van der Waals surface area contributed by atoms with Gasteiger partial charge in [0.25, 0.3) is 5.56 Å². The fourth-order valence-electron chi connectivity index (χ4n) is 2.36. The first-order valence-electron chi connectivity index (χ1n) is 6.92. The van der Waals surface area contributed by atoms with Crippen molar-refractivity contribution in [1.82, 2.24) is 15.1 Å². The van der Waals surface area contributed by atoms with E-state index in [1.165, 1.54) is 10.9 Å². The van der Waals surface area contributed by atoms with E-state index in [4.69, 9.17) is 11.6 Å². The molecule has 0 bridgehead atoms. The van der Waals surface area contributed by atoms with Gasteiger partial charge in [0, 0.05) is 25.6 Å². The van der Waals surface area contributed by atoms with Crippen molar-refractivity contribution in [1.29, 1.82) is 0 Å². The van der Waals surface area contributed by atoms with Crippen molar-refractivity contribution in [3.63, 3.8) is 0 Å². The molecular weight excluding hydrogens is 280 g/mol. The van der Waals surface area contributed by atoms with Gasteiger partial charge in [-0.2, -0.15) is 5.10 Å². The number of carbonyl (C=O) groups excluding carboxylic acids is 1. The lowest BCUT2D eigenvalue weighted by Crippen LogP contribution is -2.34. The number of nitrogens with one attached hydrogen (secondary N) is 2. The van der Waals surface area contributed by atoms with Gasteiger partial charge in [0.15, 0.2) is 0 Å². The fraction of sp³-hybridized carbons (Fsp3) is 0.615. The zero-order chi connectivity index (χ0) is 14.1. The highest BCUT2D eigenvalue weighted by atomic mass is 35.5. The molecule has 2 aliphatic rings. The topological polar surface area (TPSA) is 76.0 Å². The minimum Gasteiger partial charge on any atom is -0.377 e. The van der Waals surface area contributed by atoms with Crippen LogP contribution in [0.4, 0.5) is 5.69 Å². The van der Waals surface area contributed by atoms with Gasteiger partial charge in [0.05, 0.1) is 11.2 Å². The maximum Gasteiger partial charge on any atom is 0.291 e. The zero-order valence-electron chi connectivity index (χ0n) is 11.1. The monoisotopic (exact) mass is 296 g/mol. The van der Waals surface area contributed by atoms with Crippen molar-refractivity contribution in [2.75, 3.05) is 11.9 Å². The molecule has 0 spiro atoms. The van der Waals surface area contributed by atoms with Crippen LogP contribution in [0.3, 0.4) is 0 Å². The van der Waals surface area contributed by atoms with E-state index in [9.17, 15) is 9.59 Å². The van der Waals surface area contributed by atoms with Gasteiger partial charge < -0.3 is 10.6 Å². The molecule has 20 heavy (non-hydrogen) atoms. The molecule has 2 heterocycles. The van der Waals surface area contributed by atoms with Crippen molar-refractivity contribution in [2.24, 2.45) is 5.92 Å². The van der Waals surface area contributed by atoms with Crippen LogP contribution in [0.2, 0.25) is 5.02 Å². The first-order chi connectivity index (χ1) is 9.63. The summed E-state index contributed by atoms with van der Waals surface area (Å²) in [6.07, 6.45) is 5.15. The van der Waals surface area contributed by atoms with Crippen molar-refractivity contribution in [2.45, 2.75) is 38.3 Å². The molecule has 3 rings (SSSR count). The van der Waals surface area contributed by atoms with Crippen molar-refractivity contribution in [3.8, 4) is 0 Å². The zero-order valence-corrected chi connectivity index (χ0v) is 11.8. The van der Waals surface area contributed by atoms with Gasteiger partial charge in [-0.1, -0.05) is 11.6 Å². The van der Waals surface area contributed by atoms with Crippen LogP contribution in [-0.2, 0) is 11.3 Å². The van der Waals surface area contributed by atoms with Crippen molar-refractivity contribution in [3.05, 3.63) is 21.6 Å². The van der Waals surface area contributed by atoms with E-state index in [2.05, 4.69) is 15.7 Å². The first-order valence-corrected chi connectivity index (χ1v) is 7.30. The standard InChI is InChI=1S/C13H17ClN4O2/c14-10-6-16-18(7-8-1-2-8)13(20)12(10)15-5-9-3-4-11(19)17-9/h6,8-9,15H,1-5,7H2,(H,17,19). The van der Waals surface area contributed by atoms with Gasteiger partial charge in [-0.05, 0) is 25.2 Å². The highest BCUT2D eigenvalue weighted by Crippen LogP contribution is 2.30. The summed E-state index contributed by atoms with van der Waals surface area (Å²) >= 11 is 6.04. The number of aromatic nitrogens is 2. The molecule has 1 atom stereocenters. The minimum absolute atomic E-state index is 0.0583. The molecule has 2 fully saturated rings. The lowest BCUT2D eigenvalue weighted by atomic mass is 10.2. The molecule has 1 amide bonds. The molecule has 108 valence electrons. The minimum atomic E-state index is -0.186. The third-order valence-corrected chi connectivity index (χ3v) is 4.02. The number of hydrogen-bond donors (Lipinski definition) is 2. The number of amides is 1. The normalized spacial score (nSPS) is 21.9. The summed E-state index contributed by atoms with van der Waals surface area (Å²) in [5.74, 6) is 0.632. The van der Waals surface area contributed by atoms with Gasteiger partial charge in [-0.25, -0.2) is 4.68 Å². The smallest absolute Gasteiger partial charge is 0.291 e. The SMILES string of the molecule is O=C1CCC(CNc2c(Cl)cnn(CC3CC3)c2=O)N1. The predicted octanol–water partition coefficient (Wildman–Crippen LogP) is 0.997. The summed E-state index contributed by atoms with van der Waals surface area (Å²) in [4.78, 5) is 23.4. The van der Waals surface area contributed by atoms with E-state index in [1.54, 1.807) is 0 Å². The average Bonchev–Trinajstić information content (AvgIpc) is 3.14. The Morgan fingerprint density at radius 1 is 1.40 bits per heavy atom. The lowest BCUT2D eigenvalue weighted by Gasteiger charge is -2.14. The quantitative estimate of drug-likeness (QED) is 0.850. The van der Waals surface area contributed by atoms with Gasteiger partial charge in [0.2, 0.25) is 5.91 Å². The predicted molar refractivity (Wildman–Crippen MR) is 75.9 cm³/mol. The molecule has 7 heteroatoms. The summed E-state index contributed by atoms with van der Waals surface area (Å²) in [5.41, 5.74) is 0.192. The maximum absolute atomic E-state index is 12.3. The largest absolute Gasteiger partial charge is 0.377 e. The molecule has 1 saturated carbocycles. The van der Waals surface area contributed by atoms with Crippen molar-refractivity contribution >= 4 is 23.2 Å². The number of hydrogen-bond acceptors (Lipinski definition) is 4. The van der Waals surface area contributed by atoms with E-state index < -0.39 is 0 Å². The van der Waals surface area contributed by atoms with Crippen LogP contribution < -0.4 is 16.2 Å². The molecule has 0 aromatic carbocycles. The molecule has 1 unspecified atom stereocenters. The molecule has 0 radical (unpaired) electrons. The molecule has 1 saturated heterocycles.